The lowest BCUT2D eigenvalue weighted by molar-refractivity contribution is 0.296. The van der Waals surface area contributed by atoms with Crippen LogP contribution in [0.3, 0.4) is 0 Å². The van der Waals surface area contributed by atoms with Crippen molar-refractivity contribution in [3.8, 4) is 5.75 Å². The van der Waals surface area contributed by atoms with Crippen molar-refractivity contribution < 1.29 is 4.74 Å². The van der Waals surface area contributed by atoms with Gasteiger partial charge in [-0.15, -0.1) is 11.3 Å². The van der Waals surface area contributed by atoms with Crippen LogP contribution in [0.15, 0.2) is 53.5 Å². The molecule has 5 rings (SSSR count). The van der Waals surface area contributed by atoms with Crippen LogP contribution in [0.1, 0.15) is 34.7 Å². The lowest BCUT2D eigenvalue weighted by atomic mass is 9.97. The Hall–Kier alpha value is -2.47. The molecule has 0 saturated carbocycles. The molecule has 156 valence electrons. The van der Waals surface area contributed by atoms with E-state index in [0.717, 1.165) is 40.1 Å². The van der Waals surface area contributed by atoms with Crippen molar-refractivity contribution in [2.75, 3.05) is 0 Å². The fourth-order valence-electron chi connectivity index (χ4n) is 3.69. The van der Waals surface area contributed by atoms with Crippen molar-refractivity contribution in [2.45, 2.75) is 32.3 Å². The van der Waals surface area contributed by atoms with Gasteiger partial charge in [-0.05, 0) is 85.3 Å². The Labute approximate surface area is 194 Å². The lowest BCUT2D eigenvalue weighted by Crippen LogP contribution is -2.03. The van der Waals surface area contributed by atoms with Crippen LogP contribution in [-0.2, 0) is 19.4 Å². The Bertz CT molecular complexity index is 1250. The Morgan fingerprint density at radius 1 is 0.968 bits per heavy atom. The van der Waals surface area contributed by atoms with Gasteiger partial charge in [0.25, 0.3) is 0 Å². The molecule has 2 aromatic carbocycles. The number of ether oxygens (including phenoxy) is 1. The maximum atomic E-state index is 6.52. The second kappa shape index (κ2) is 8.95. The van der Waals surface area contributed by atoms with Crippen molar-refractivity contribution in [1.82, 2.24) is 9.97 Å². The van der Waals surface area contributed by atoms with Crippen molar-refractivity contribution in [3.05, 3.63) is 80.5 Å². The van der Waals surface area contributed by atoms with E-state index in [0.29, 0.717) is 16.0 Å². The quantitative estimate of drug-likeness (QED) is 0.230. The molecule has 0 amide bonds. The molecular weight excluding hydrogens is 449 g/mol. The zero-order chi connectivity index (χ0) is 21.2. The minimum atomic E-state index is 0.274. The minimum Gasteiger partial charge on any atom is -0.486 e. The molecular formula is C24H19Cl2N3OS. The van der Waals surface area contributed by atoms with Crippen LogP contribution in [-0.4, -0.2) is 16.2 Å². The molecule has 4 nitrogen and oxygen atoms in total. The fourth-order valence-corrected chi connectivity index (χ4v) is 5.46. The summed E-state index contributed by atoms with van der Waals surface area (Å²) in [4.78, 5) is 16.0. The van der Waals surface area contributed by atoms with E-state index in [4.69, 9.17) is 32.9 Å². The first kappa shape index (κ1) is 20.4. The van der Waals surface area contributed by atoms with Gasteiger partial charge in [-0.1, -0.05) is 23.2 Å². The normalized spacial score (nSPS) is 13.6. The minimum absolute atomic E-state index is 0.274. The van der Waals surface area contributed by atoms with Gasteiger partial charge in [0.1, 0.15) is 22.3 Å². The van der Waals surface area contributed by atoms with E-state index in [-0.39, 0.29) is 6.61 Å². The Morgan fingerprint density at radius 3 is 2.55 bits per heavy atom. The molecule has 1 aliphatic carbocycles. The van der Waals surface area contributed by atoms with Crippen molar-refractivity contribution in [1.29, 1.82) is 0 Å². The van der Waals surface area contributed by atoms with Gasteiger partial charge in [0.05, 0.1) is 11.1 Å². The van der Waals surface area contributed by atoms with Gasteiger partial charge in [0.15, 0.2) is 5.82 Å². The van der Waals surface area contributed by atoms with Crippen LogP contribution in [0.5, 0.6) is 5.75 Å². The van der Waals surface area contributed by atoms with E-state index in [1.165, 1.54) is 23.3 Å². The number of hydrogen-bond donors (Lipinski definition) is 0. The molecule has 0 unspecified atom stereocenters. The molecule has 0 spiro atoms. The van der Waals surface area contributed by atoms with Crippen molar-refractivity contribution >= 4 is 56.7 Å². The summed E-state index contributed by atoms with van der Waals surface area (Å²) >= 11 is 14.2. The average Bonchev–Trinajstić information content (AvgIpc) is 3.17. The van der Waals surface area contributed by atoms with Gasteiger partial charge in [0.2, 0.25) is 0 Å². The van der Waals surface area contributed by atoms with Gasteiger partial charge < -0.3 is 4.74 Å². The van der Waals surface area contributed by atoms with Gasteiger partial charge in [-0.25, -0.2) is 9.97 Å². The van der Waals surface area contributed by atoms with Gasteiger partial charge in [-0.2, -0.15) is 0 Å². The van der Waals surface area contributed by atoms with Crippen molar-refractivity contribution in [3.63, 3.8) is 0 Å². The van der Waals surface area contributed by atoms with Crippen molar-refractivity contribution in [2.24, 2.45) is 4.99 Å². The highest BCUT2D eigenvalue weighted by Gasteiger charge is 2.20. The lowest BCUT2D eigenvalue weighted by Gasteiger charge is -2.10. The SMILES string of the molecule is Clc1ccc(N=Cc2ccc(OCc3nc(Cl)c4c5c(sc4n3)CCCC5)cc2)cc1. The summed E-state index contributed by atoms with van der Waals surface area (Å²) in [5, 5.41) is 2.27. The van der Waals surface area contributed by atoms with Crippen LogP contribution >= 0.6 is 34.5 Å². The highest BCUT2D eigenvalue weighted by molar-refractivity contribution is 7.19. The predicted molar refractivity (Wildman–Crippen MR) is 129 cm³/mol. The number of aliphatic imine (C=N–C) groups is 1. The van der Waals surface area contributed by atoms with E-state index >= 15 is 0 Å². The molecule has 0 fully saturated rings. The number of aromatic nitrogens is 2. The number of rotatable bonds is 5. The summed E-state index contributed by atoms with van der Waals surface area (Å²) in [5.41, 5.74) is 3.18. The van der Waals surface area contributed by atoms with Crippen LogP contribution < -0.4 is 4.74 Å². The number of hydrogen-bond acceptors (Lipinski definition) is 5. The van der Waals surface area contributed by atoms with Crippen LogP contribution in [0.2, 0.25) is 10.2 Å². The molecule has 0 radical (unpaired) electrons. The molecule has 0 aliphatic heterocycles. The molecule has 2 aromatic heterocycles. The number of benzene rings is 2. The summed E-state index contributed by atoms with van der Waals surface area (Å²) in [6.07, 6.45) is 6.44. The first-order valence-electron chi connectivity index (χ1n) is 10.1. The third-order valence-corrected chi connectivity index (χ3v) is 6.97. The maximum Gasteiger partial charge on any atom is 0.169 e. The molecule has 0 saturated heterocycles. The number of thiophene rings is 1. The first-order chi connectivity index (χ1) is 15.2. The van der Waals surface area contributed by atoms with Crippen LogP contribution in [0, 0.1) is 0 Å². The zero-order valence-electron chi connectivity index (χ0n) is 16.6. The molecule has 4 aromatic rings. The number of nitrogens with zero attached hydrogens (tertiary/aromatic N) is 3. The summed E-state index contributed by atoms with van der Waals surface area (Å²) in [7, 11) is 0. The average molecular weight is 468 g/mol. The molecule has 31 heavy (non-hydrogen) atoms. The Balaban J connectivity index is 1.26. The highest BCUT2D eigenvalue weighted by Crippen LogP contribution is 2.38. The molecule has 2 heterocycles. The summed E-state index contributed by atoms with van der Waals surface area (Å²) < 4.78 is 5.89. The van der Waals surface area contributed by atoms with E-state index in [9.17, 15) is 0 Å². The van der Waals surface area contributed by atoms with E-state index in [2.05, 4.69) is 9.98 Å². The summed E-state index contributed by atoms with van der Waals surface area (Å²) in [6.45, 7) is 0.274. The number of aryl methyl sites for hydroxylation is 2. The fraction of sp³-hybridized carbons (Fsp3) is 0.208. The third-order valence-electron chi connectivity index (χ3n) is 5.25. The third kappa shape index (κ3) is 4.59. The van der Waals surface area contributed by atoms with E-state index < -0.39 is 0 Å². The zero-order valence-corrected chi connectivity index (χ0v) is 19.0. The van der Waals surface area contributed by atoms with Gasteiger partial charge in [0, 0.05) is 16.1 Å². The number of halogens is 2. The largest absolute Gasteiger partial charge is 0.486 e. The smallest absolute Gasteiger partial charge is 0.169 e. The van der Waals surface area contributed by atoms with Gasteiger partial charge >= 0.3 is 0 Å². The van der Waals surface area contributed by atoms with E-state index in [1.807, 2.05) is 54.7 Å². The predicted octanol–water partition coefficient (Wildman–Crippen LogP) is 7.21. The Morgan fingerprint density at radius 2 is 1.74 bits per heavy atom. The molecule has 0 N–H and O–H groups in total. The van der Waals surface area contributed by atoms with Gasteiger partial charge in [-0.3, -0.25) is 4.99 Å². The topological polar surface area (TPSA) is 47.4 Å². The first-order valence-corrected chi connectivity index (χ1v) is 11.7. The second-order valence-corrected chi connectivity index (χ2v) is 9.29. The summed E-state index contributed by atoms with van der Waals surface area (Å²) in [5.74, 6) is 1.35. The molecule has 7 heteroatoms. The standard InChI is InChI=1S/C24H19Cl2N3OS/c25-16-7-9-17(10-8-16)27-13-15-5-11-18(12-6-15)30-14-21-28-23(26)22-19-3-1-2-4-20(19)31-24(22)29-21/h5-13H,1-4,14H2. The van der Waals surface area contributed by atoms with Crippen LogP contribution in [0.25, 0.3) is 10.2 Å². The highest BCUT2D eigenvalue weighted by atomic mass is 35.5. The van der Waals surface area contributed by atoms with E-state index in [1.54, 1.807) is 11.3 Å². The second-order valence-electron chi connectivity index (χ2n) is 7.41. The molecule has 0 bridgehead atoms. The molecule has 0 atom stereocenters. The molecule has 1 aliphatic rings. The Kier molecular flexibility index (Phi) is 5.90. The summed E-state index contributed by atoms with van der Waals surface area (Å²) in [6, 6.07) is 15.1. The maximum absolute atomic E-state index is 6.52. The van der Waals surface area contributed by atoms with Crippen LogP contribution in [0.4, 0.5) is 5.69 Å². The monoisotopic (exact) mass is 467 g/mol. The number of fused-ring (bicyclic) bond motifs is 3.